The maximum atomic E-state index is 13.0. The number of carbonyl (C=O) groups is 1. The number of unbranched alkanes of at least 4 members (excludes halogenated alkanes) is 21. The normalized spacial score (nSPS) is 14.8. The molecule has 73 heavy (non-hydrogen) atoms. The molecule has 0 aliphatic heterocycles. The number of hydrogen-bond donors (Lipinski definition) is 3. The van der Waals surface area contributed by atoms with E-state index >= 15 is 0 Å². The van der Waals surface area contributed by atoms with Crippen molar-refractivity contribution in [3.8, 4) is 0 Å². The molecule has 0 aliphatic rings. The zero-order chi connectivity index (χ0) is 53.5. The van der Waals surface area contributed by atoms with Crippen molar-refractivity contribution in [2.24, 2.45) is 0 Å². The van der Waals surface area contributed by atoms with E-state index in [0.29, 0.717) is 17.4 Å². The Balaban J connectivity index is 4.37. The first kappa shape index (κ1) is 69.9. The van der Waals surface area contributed by atoms with Gasteiger partial charge in [0.2, 0.25) is 5.91 Å². The monoisotopic (exact) mass is 1040 g/mol. The van der Waals surface area contributed by atoms with Gasteiger partial charge in [-0.1, -0.05) is 257 Å². The van der Waals surface area contributed by atoms with Gasteiger partial charge in [-0.05, 0) is 83.5 Å². The number of phosphoric ester groups is 1. The number of aliphatic hydroxyl groups is 1. The topological polar surface area (TPSA) is 105 Å². The number of nitrogens with one attached hydrogen (secondary N) is 1. The van der Waals surface area contributed by atoms with Crippen molar-refractivity contribution >= 4 is 13.7 Å². The summed E-state index contributed by atoms with van der Waals surface area (Å²) in [6.07, 6.45) is 80.2. The average molecular weight is 1040 g/mol. The van der Waals surface area contributed by atoms with E-state index in [4.69, 9.17) is 9.05 Å². The summed E-state index contributed by atoms with van der Waals surface area (Å²) in [5.74, 6) is -0.238. The van der Waals surface area contributed by atoms with Gasteiger partial charge in [-0.3, -0.25) is 13.8 Å². The van der Waals surface area contributed by atoms with Crippen LogP contribution >= 0.6 is 7.82 Å². The highest BCUT2D eigenvalue weighted by Crippen LogP contribution is 2.43. The average Bonchev–Trinajstić information content (AvgIpc) is 3.35. The number of amides is 1. The zero-order valence-corrected chi connectivity index (χ0v) is 48.5. The van der Waals surface area contributed by atoms with Gasteiger partial charge >= 0.3 is 7.82 Å². The molecule has 0 heterocycles. The summed E-state index contributed by atoms with van der Waals surface area (Å²) >= 11 is 0. The van der Waals surface area contributed by atoms with E-state index < -0.39 is 20.0 Å². The Morgan fingerprint density at radius 3 is 1.19 bits per heavy atom. The van der Waals surface area contributed by atoms with Crippen LogP contribution in [0.5, 0.6) is 0 Å². The van der Waals surface area contributed by atoms with Crippen LogP contribution < -0.4 is 5.32 Å². The Hall–Kier alpha value is -3.10. The molecule has 8 nitrogen and oxygen atoms in total. The van der Waals surface area contributed by atoms with Crippen LogP contribution in [0, 0.1) is 0 Å². The summed E-state index contributed by atoms with van der Waals surface area (Å²) in [6, 6.07) is -0.888. The van der Waals surface area contributed by atoms with Gasteiger partial charge in [-0.25, -0.2) is 4.57 Å². The summed E-state index contributed by atoms with van der Waals surface area (Å²) in [6.45, 7) is 4.66. The third-order valence-corrected chi connectivity index (χ3v) is 13.4. The Kier molecular flexibility index (Phi) is 51.4. The molecule has 0 aromatic rings. The van der Waals surface area contributed by atoms with Crippen molar-refractivity contribution < 1.29 is 32.9 Å². The summed E-state index contributed by atoms with van der Waals surface area (Å²) < 4.78 is 23.7. The van der Waals surface area contributed by atoms with Gasteiger partial charge < -0.3 is 19.8 Å². The molecular weight excluding hydrogens is 924 g/mol. The number of quaternary nitrogens is 1. The van der Waals surface area contributed by atoms with E-state index in [2.05, 4.69) is 129 Å². The highest BCUT2D eigenvalue weighted by molar-refractivity contribution is 7.47. The van der Waals surface area contributed by atoms with E-state index in [1.807, 2.05) is 27.2 Å². The molecule has 418 valence electrons. The van der Waals surface area contributed by atoms with Crippen molar-refractivity contribution in [2.45, 2.75) is 238 Å². The molecule has 9 heteroatoms. The number of nitrogens with zero attached hydrogens (tertiary/aromatic N) is 1. The molecule has 0 aromatic heterocycles. The largest absolute Gasteiger partial charge is 0.472 e. The predicted octanol–water partition coefficient (Wildman–Crippen LogP) is 18.1. The highest BCUT2D eigenvalue weighted by atomic mass is 31.2. The van der Waals surface area contributed by atoms with Gasteiger partial charge in [0.15, 0.2) is 0 Å². The van der Waals surface area contributed by atoms with Crippen molar-refractivity contribution in [3.05, 3.63) is 122 Å². The Bertz CT molecular complexity index is 1600. The molecule has 3 atom stereocenters. The summed E-state index contributed by atoms with van der Waals surface area (Å²) in [4.78, 5) is 23.3. The molecule has 0 radical (unpaired) electrons. The van der Waals surface area contributed by atoms with Crippen LogP contribution in [0.2, 0.25) is 0 Å². The second kappa shape index (κ2) is 53.7. The first-order chi connectivity index (χ1) is 35.5. The summed E-state index contributed by atoms with van der Waals surface area (Å²) in [7, 11) is 1.52. The molecule has 0 rings (SSSR count). The van der Waals surface area contributed by atoms with Crippen LogP contribution in [0.15, 0.2) is 122 Å². The first-order valence-corrected chi connectivity index (χ1v) is 30.9. The minimum absolute atomic E-state index is 0.0440. The molecule has 3 N–H and O–H groups in total. The van der Waals surface area contributed by atoms with Crippen molar-refractivity contribution in [1.29, 1.82) is 0 Å². The maximum Gasteiger partial charge on any atom is 0.472 e. The summed E-state index contributed by atoms with van der Waals surface area (Å²) in [5.41, 5.74) is 0. The summed E-state index contributed by atoms with van der Waals surface area (Å²) in [5, 5.41) is 13.9. The van der Waals surface area contributed by atoms with E-state index in [9.17, 15) is 19.4 Å². The van der Waals surface area contributed by atoms with E-state index in [1.54, 1.807) is 6.08 Å². The van der Waals surface area contributed by atoms with E-state index in [1.165, 1.54) is 116 Å². The van der Waals surface area contributed by atoms with Crippen LogP contribution in [0.25, 0.3) is 0 Å². The third-order valence-electron chi connectivity index (χ3n) is 12.4. The number of rotatable bonds is 52. The third kappa shape index (κ3) is 56.5. The molecule has 3 unspecified atom stereocenters. The lowest BCUT2D eigenvalue weighted by Crippen LogP contribution is -2.45. The number of hydrogen-bond acceptors (Lipinski definition) is 5. The molecule has 0 aliphatic carbocycles. The molecule has 0 saturated carbocycles. The second-order valence-electron chi connectivity index (χ2n) is 20.6. The van der Waals surface area contributed by atoms with Gasteiger partial charge in [-0.15, -0.1) is 0 Å². The number of aliphatic hydroxyl groups excluding tert-OH is 1. The second-order valence-corrected chi connectivity index (χ2v) is 22.1. The fraction of sp³-hybridized carbons (Fsp3) is 0.672. The van der Waals surface area contributed by atoms with Gasteiger partial charge in [0.05, 0.1) is 39.9 Å². The first-order valence-electron chi connectivity index (χ1n) is 29.4. The van der Waals surface area contributed by atoms with E-state index in [-0.39, 0.29) is 25.5 Å². The van der Waals surface area contributed by atoms with Crippen molar-refractivity contribution in [2.75, 3.05) is 40.9 Å². The van der Waals surface area contributed by atoms with Crippen LogP contribution in [-0.2, 0) is 18.4 Å². The van der Waals surface area contributed by atoms with Crippen LogP contribution in [0.4, 0.5) is 0 Å². The molecule has 0 spiro atoms. The lowest BCUT2D eigenvalue weighted by Gasteiger charge is -2.25. The van der Waals surface area contributed by atoms with Crippen LogP contribution in [0.3, 0.4) is 0 Å². The molecule has 0 aromatic carbocycles. The Morgan fingerprint density at radius 1 is 0.479 bits per heavy atom. The van der Waals surface area contributed by atoms with Crippen LogP contribution in [-0.4, -0.2) is 73.4 Å². The number of phosphoric acid groups is 1. The number of carbonyl (C=O) groups excluding carboxylic acids is 1. The fourth-order valence-electron chi connectivity index (χ4n) is 7.87. The SMILES string of the molecule is CC/C=C\C/C=C\C/C=C\C/C=C\C/C=C\C/C=C\C/C=C\C/C=C\C/C=C\CCCC(=O)NC(COP(=O)(O)OCC[N+](C)(C)C)C(O)/C=C/CCCCCCCCCCCCCCCCCCCCCC. The van der Waals surface area contributed by atoms with Crippen LogP contribution in [0.1, 0.15) is 226 Å². The fourth-order valence-corrected chi connectivity index (χ4v) is 8.60. The van der Waals surface area contributed by atoms with E-state index in [0.717, 1.165) is 83.5 Å². The molecule has 0 saturated heterocycles. The highest BCUT2D eigenvalue weighted by Gasteiger charge is 2.27. The van der Waals surface area contributed by atoms with Crippen molar-refractivity contribution in [3.63, 3.8) is 0 Å². The Labute approximate surface area is 450 Å². The number of allylic oxidation sites excluding steroid dienone is 19. The standard InChI is InChI=1S/C64H111N2O6P/c1-6-8-10-12-14-16-18-20-22-24-26-28-30-31-32-33-34-35-36-38-40-42-44-46-48-50-52-54-56-58-64(68)65-62(61-72-73(69,70)71-60-59-66(3,4)5)63(67)57-55-53-51-49-47-45-43-41-39-37-29-27-25-23-21-19-17-15-13-11-9-7-2/h8,10,14,16,20,22,26,28,31-32,34-35,38,40,44,46,50,52,55,57,62-63,67H,6-7,9,11-13,15,17-19,21,23-25,27,29-30,33,36-37,39,41-43,45,47-49,51,53-54,56,58-61H2,1-5H3,(H-,65,68,69,70)/p+1/b10-8-,16-14-,22-20-,28-26-,32-31-,35-34-,40-38-,46-44-,52-50-,57-55+. The lowest BCUT2D eigenvalue weighted by molar-refractivity contribution is -0.870. The quantitative estimate of drug-likeness (QED) is 0.0243. The van der Waals surface area contributed by atoms with Gasteiger partial charge in [0.25, 0.3) is 0 Å². The van der Waals surface area contributed by atoms with Gasteiger partial charge in [-0.2, -0.15) is 0 Å². The molecule has 0 bridgehead atoms. The molecule has 0 fully saturated rings. The van der Waals surface area contributed by atoms with Gasteiger partial charge in [0, 0.05) is 6.42 Å². The zero-order valence-electron chi connectivity index (χ0n) is 47.6. The lowest BCUT2D eigenvalue weighted by atomic mass is 10.0. The smallest absolute Gasteiger partial charge is 0.387 e. The van der Waals surface area contributed by atoms with Crippen molar-refractivity contribution in [1.82, 2.24) is 5.32 Å². The number of likely N-dealkylation sites (N-methyl/N-ethyl adjacent to an activating group) is 1. The molecular formula is C64H112N2O6P+. The van der Waals surface area contributed by atoms with Gasteiger partial charge in [0.1, 0.15) is 13.2 Å². The minimum Gasteiger partial charge on any atom is -0.387 e. The Morgan fingerprint density at radius 2 is 0.822 bits per heavy atom. The predicted molar refractivity (Wildman–Crippen MR) is 318 cm³/mol. The maximum absolute atomic E-state index is 13.0. The molecule has 1 amide bonds. The minimum atomic E-state index is -4.37.